The molecule has 4 fully saturated rings. The number of imide groups is 1. The van der Waals surface area contributed by atoms with E-state index in [9.17, 15) is 22.8 Å². The maximum atomic E-state index is 12.7. The number of amides is 3. The zero-order chi connectivity index (χ0) is 19.6. The molecule has 5 rings (SSSR count). The Morgan fingerprint density at radius 2 is 1.64 bits per heavy atom. The lowest BCUT2D eigenvalue weighted by Crippen LogP contribution is -2.52. The van der Waals surface area contributed by atoms with Crippen LogP contribution in [0.1, 0.15) is 19.3 Å². The summed E-state index contributed by atoms with van der Waals surface area (Å²) in [6.45, 7) is 1.37. The first kappa shape index (κ1) is 18.3. The minimum atomic E-state index is -3.21. The number of hydrogen-bond acceptors (Lipinski definition) is 6. The molecule has 1 saturated carbocycles. The van der Waals surface area contributed by atoms with Gasteiger partial charge in [0.05, 0.1) is 29.4 Å². The van der Waals surface area contributed by atoms with Crippen molar-refractivity contribution in [1.29, 1.82) is 0 Å². The zero-order valence-corrected chi connectivity index (χ0v) is 16.4. The summed E-state index contributed by atoms with van der Waals surface area (Å²) in [5, 5.41) is 2.81. The van der Waals surface area contributed by atoms with Gasteiger partial charge in [-0.15, -0.1) is 0 Å². The van der Waals surface area contributed by atoms with Crippen molar-refractivity contribution in [3.05, 3.63) is 12.2 Å². The molecule has 2 bridgehead atoms. The number of carbonyl (C=O) groups is 3. The van der Waals surface area contributed by atoms with Crippen molar-refractivity contribution in [2.75, 3.05) is 31.1 Å². The second-order valence-corrected chi connectivity index (χ2v) is 11.0. The lowest BCUT2D eigenvalue weighted by atomic mass is 9.85. The van der Waals surface area contributed by atoms with E-state index in [4.69, 9.17) is 0 Å². The van der Waals surface area contributed by atoms with Crippen LogP contribution in [0.5, 0.6) is 0 Å². The molecule has 3 amide bonds. The minimum absolute atomic E-state index is 0.0543. The summed E-state index contributed by atoms with van der Waals surface area (Å²) in [6, 6.07) is -0.707. The highest BCUT2D eigenvalue weighted by Gasteiger charge is 2.59. The number of nitrogens with zero attached hydrogens (tertiary/aromatic N) is 2. The number of fused-ring (bicyclic) bond motifs is 5. The van der Waals surface area contributed by atoms with E-state index >= 15 is 0 Å². The molecule has 1 N–H and O–H groups in total. The first-order valence-corrected chi connectivity index (χ1v) is 11.9. The fraction of sp³-hybridized carbons (Fsp3) is 0.737. The normalized spacial score (nSPS) is 41.2. The number of nitrogens with one attached hydrogen (secondary N) is 1. The fourth-order valence-corrected chi connectivity index (χ4v) is 7.87. The van der Waals surface area contributed by atoms with E-state index < -0.39 is 21.8 Å². The van der Waals surface area contributed by atoms with Crippen molar-refractivity contribution in [3.63, 3.8) is 0 Å². The lowest BCUT2D eigenvalue weighted by Gasteiger charge is -2.28. The van der Waals surface area contributed by atoms with Crippen molar-refractivity contribution >= 4 is 27.6 Å². The van der Waals surface area contributed by atoms with Gasteiger partial charge in [-0.05, 0) is 44.2 Å². The number of rotatable bonds is 4. The Bertz CT molecular complexity index is 833. The van der Waals surface area contributed by atoms with Gasteiger partial charge in [0.15, 0.2) is 9.84 Å². The van der Waals surface area contributed by atoms with Crippen LogP contribution in [0.2, 0.25) is 0 Å². The first-order valence-electron chi connectivity index (χ1n) is 10.1. The first-order chi connectivity index (χ1) is 13.3. The molecule has 6 atom stereocenters. The van der Waals surface area contributed by atoms with Crippen LogP contribution in [0.3, 0.4) is 0 Å². The molecular formula is C19H25N3O5S. The molecule has 8 nitrogen and oxygen atoms in total. The number of hydrogen-bond donors (Lipinski definition) is 1. The SMILES string of the molecule is O=C(CN1C(=O)C2C3C=CC(C3)C2C1=O)NC1CS(=O)(=O)CC1N1CCCC1. The summed E-state index contributed by atoms with van der Waals surface area (Å²) < 4.78 is 24.3. The maximum absolute atomic E-state index is 12.7. The second kappa shape index (κ2) is 6.38. The van der Waals surface area contributed by atoms with Gasteiger partial charge in [-0.3, -0.25) is 24.2 Å². The van der Waals surface area contributed by atoms with Crippen molar-refractivity contribution in [1.82, 2.24) is 15.1 Å². The number of carbonyl (C=O) groups excluding carboxylic acids is 3. The van der Waals surface area contributed by atoms with Gasteiger partial charge >= 0.3 is 0 Å². The highest BCUT2D eigenvalue weighted by molar-refractivity contribution is 7.91. The van der Waals surface area contributed by atoms with Gasteiger partial charge in [-0.1, -0.05) is 12.2 Å². The standard InChI is InChI=1S/C19H25N3O5S/c23-15(20-13-9-28(26,27)10-14(13)21-5-1-2-6-21)8-22-18(24)16-11-3-4-12(7-11)17(16)19(22)25/h3-4,11-14,16-17H,1-2,5-10H2,(H,20,23). The van der Waals surface area contributed by atoms with Crippen LogP contribution in [-0.2, 0) is 24.2 Å². The summed E-state index contributed by atoms with van der Waals surface area (Å²) in [7, 11) is -3.21. The topological polar surface area (TPSA) is 104 Å². The largest absolute Gasteiger partial charge is 0.349 e. The second-order valence-electron chi connectivity index (χ2n) is 8.82. The fourth-order valence-electron chi connectivity index (χ4n) is 5.92. The third-order valence-corrected chi connectivity index (χ3v) is 8.86. The molecule has 0 spiro atoms. The number of likely N-dealkylation sites (tertiary alicyclic amines) is 2. The molecule has 0 aromatic heterocycles. The van der Waals surface area contributed by atoms with E-state index in [1.165, 1.54) is 0 Å². The van der Waals surface area contributed by atoms with Crippen molar-refractivity contribution in [2.45, 2.75) is 31.3 Å². The monoisotopic (exact) mass is 407 g/mol. The van der Waals surface area contributed by atoms with E-state index in [0.717, 1.165) is 37.3 Å². The molecule has 9 heteroatoms. The summed E-state index contributed by atoms with van der Waals surface area (Å²) in [5.74, 6) is -1.40. The number of allylic oxidation sites excluding steroid dienone is 2. The number of sulfone groups is 1. The predicted molar refractivity (Wildman–Crippen MR) is 99.6 cm³/mol. The van der Waals surface area contributed by atoms with Gasteiger partial charge in [0.2, 0.25) is 17.7 Å². The maximum Gasteiger partial charge on any atom is 0.240 e. The van der Waals surface area contributed by atoms with E-state index in [-0.39, 0.29) is 59.6 Å². The Kier molecular flexibility index (Phi) is 4.17. The van der Waals surface area contributed by atoms with Crippen molar-refractivity contribution in [2.24, 2.45) is 23.7 Å². The van der Waals surface area contributed by atoms with Crippen molar-refractivity contribution < 1.29 is 22.8 Å². The average molecular weight is 407 g/mol. The van der Waals surface area contributed by atoms with Crippen LogP contribution < -0.4 is 5.32 Å². The van der Waals surface area contributed by atoms with E-state index in [0.29, 0.717) is 0 Å². The molecule has 6 unspecified atom stereocenters. The van der Waals surface area contributed by atoms with E-state index in [2.05, 4.69) is 10.2 Å². The minimum Gasteiger partial charge on any atom is -0.349 e. The van der Waals surface area contributed by atoms with Crippen LogP contribution in [-0.4, -0.2) is 79.2 Å². The van der Waals surface area contributed by atoms with Gasteiger partial charge in [-0.25, -0.2) is 8.42 Å². The summed E-state index contributed by atoms with van der Waals surface area (Å²) in [5.41, 5.74) is 0. The molecule has 3 heterocycles. The smallest absolute Gasteiger partial charge is 0.240 e. The quantitative estimate of drug-likeness (QED) is 0.482. The molecular weight excluding hydrogens is 382 g/mol. The van der Waals surface area contributed by atoms with Crippen LogP contribution in [0.4, 0.5) is 0 Å². The van der Waals surface area contributed by atoms with E-state index in [1.807, 2.05) is 12.2 Å². The van der Waals surface area contributed by atoms with Gasteiger partial charge in [0.25, 0.3) is 0 Å². The molecule has 0 aromatic rings. The van der Waals surface area contributed by atoms with Crippen LogP contribution in [0, 0.1) is 23.7 Å². The Morgan fingerprint density at radius 3 is 2.25 bits per heavy atom. The summed E-state index contributed by atoms with van der Waals surface area (Å²) in [4.78, 5) is 41.3. The lowest BCUT2D eigenvalue weighted by molar-refractivity contribution is -0.144. The van der Waals surface area contributed by atoms with E-state index in [1.54, 1.807) is 0 Å². The molecule has 152 valence electrons. The van der Waals surface area contributed by atoms with Gasteiger partial charge in [0.1, 0.15) is 6.54 Å². The molecule has 0 radical (unpaired) electrons. The van der Waals surface area contributed by atoms with Gasteiger partial charge < -0.3 is 5.32 Å². The predicted octanol–water partition coefficient (Wildman–Crippen LogP) is -0.829. The van der Waals surface area contributed by atoms with Crippen LogP contribution in [0.25, 0.3) is 0 Å². The van der Waals surface area contributed by atoms with Gasteiger partial charge in [-0.2, -0.15) is 0 Å². The average Bonchev–Trinajstić information content (AvgIpc) is 3.42. The Labute approximate surface area is 164 Å². The van der Waals surface area contributed by atoms with Gasteiger partial charge in [0, 0.05) is 6.04 Å². The zero-order valence-electron chi connectivity index (χ0n) is 15.6. The Morgan fingerprint density at radius 1 is 1.04 bits per heavy atom. The van der Waals surface area contributed by atoms with Crippen LogP contribution >= 0.6 is 0 Å². The summed E-state index contributed by atoms with van der Waals surface area (Å²) >= 11 is 0. The summed E-state index contributed by atoms with van der Waals surface area (Å²) in [6.07, 6.45) is 6.96. The molecule has 3 aliphatic heterocycles. The Balaban J connectivity index is 1.26. The molecule has 5 aliphatic rings. The van der Waals surface area contributed by atoms with Crippen LogP contribution in [0.15, 0.2) is 12.2 Å². The molecule has 3 saturated heterocycles. The van der Waals surface area contributed by atoms with Crippen molar-refractivity contribution in [3.8, 4) is 0 Å². The highest BCUT2D eigenvalue weighted by atomic mass is 32.2. The third kappa shape index (κ3) is 2.82. The molecule has 0 aromatic carbocycles. The highest BCUT2D eigenvalue weighted by Crippen LogP contribution is 2.52. The Hall–Kier alpha value is -1.74. The molecule has 28 heavy (non-hydrogen) atoms. The third-order valence-electron chi connectivity index (χ3n) is 7.14. The molecule has 2 aliphatic carbocycles.